The number of hydrogen-bond acceptors (Lipinski definition) is 6. The van der Waals surface area contributed by atoms with E-state index in [-0.39, 0.29) is 30.1 Å². The van der Waals surface area contributed by atoms with Crippen LogP contribution in [0.2, 0.25) is 0 Å². The minimum absolute atomic E-state index is 0.0430. The van der Waals surface area contributed by atoms with Gasteiger partial charge < -0.3 is 19.8 Å². The molecule has 4 rings (SSSR count). The molecule has 160 valence electrons. The third kappa shape index (κ3) is 4.42. The molecule has 0 fully saturated rings. The van der Waals surface area contributed by atoms with Crippen molar-refractivity contribution in [3.63, 3.8) is 0 Å². The highest BCUT2D eigenvalue weighted by molar-refractivity contribution is 5.79. The Bertz CT molecular complexity index is 1170. The van der Waals surface area contributed by atoms with Crippen LogP contribution in [0.3, 0.4) is 0 Å². The number of H-pyrrole nitrogens is 1. The Balaban J connectivity index is 1.43. The number of nitrogens with one attached hydrogen (secondary N) is 2. The van der Waals surface area contributed by atoms with Crippen molar-refractivity contribution in [1.82, 2.24) is 20.3 Å². The predicted molar refractivity (Wildman–Crippen MR) is 115 cm³/mol. The van der Waals surface area contributed by atoms with Gasteiger partial charge in [-0.3, -0.25) is 14.6 Å². The quantitative estimate of drug-likeness (QED) is 0.635. The van der Waals surface area contributed by atoms with Crippen LogP contribution < -0.4 is 20.3 Å². The number of aromatic amines is 1. The van der Waals surface area contributed by atoms with Gasteiger partial charge in [0, 0.05) is 41.2 Å². The van der Waals surface area contributed by atoms with Crippen LogP contribution in [0.5, 0.6) is 11.5 Å². The molecule has 0 atom stereocenters. The summed E-state index contributed by atoms with van der Waals surface area (Å²) in [6, 6.07) is 9.36. The van der Waals surface area contributed by atoms with Gasteiger partial charge in [0.25, 0.3) is 5.56 Å². The van der Waals surface area contributed by atoms with Gasteiger partial charge in [0.15, 0.2) is 11.5 Å². The highest BCUT2D eigenvalue weighted by Crippen LogP contribution is 2.36. The summed E-state index contributed by atoms with van der Waals surface area (Å²) in [6.45, 7) is 6.43. The summed E-state index contributed by atoms with van der Waals surface area (Å²) in [6.07, 6.45) is 3.24. The molecule has 3 heterocycles. The molecule has 0 saturated carbocycles. The summed E-state index contributed by atoms with van der Waals surface area (Å²) in [5, 5.41) is 2.94. The number of carbonyl (C=O) groups is 1. The first kappa shape index (κ1) is 20.6. The average molecular weight is 420 g/mol. The van der Waals surface area contributed by atoms with E-state index >= 15 is 0 Å². The van der Waals surface area contributed by atoms with Gasteiger partial charge in [-0.1, -0.05) is 19.9 Å². The first-order chi connectivity index (χ1) is 14.8. The molecule has 2 N–H and O–H groups in total. The molecule has 31 heavy (non-hydrogen) atoms. The van der Waals surface area contributed by atoms with Crippen molar-refractivity contribution >= 4 is 5.91 Å². The van der Waals surface area contributed by atoms with E-state index in [0.29, 0.717) is 34.9 Å². The van der Waals surface area contributed by atoms with E-state index in [1.807, 2.05) is 38.1 Å². The monoisotopic (exact) mass is 420 g/mol. The van der Waals surface area contributed by atoms with Crippen LogP contribution in [0.4, 0.5) is 0 Å². The molecular formula is C23H24N4O4. The van der Waals surface area contributed by atoms with E-state index in [4.69, 9.17) is 9.47 Å². The highest BCUT2D eigenvalue weighted by Gasteiger charge is 2.25. The SMILES string of the molecule is Cc1nc(-c2cccnc2)[nH]c(=O)c1CC(=O)NCC(C)(C)c1ccc2c(c1)OCO2. The Morgan fingerprint density at radius 2 is 2.03 bits per heavy atom. The molecule has 1 aliphatic rings. The molecule has 0 bridgehead atoms. The molecule has 0 spiro atoms. The molecule has 0 radical (unpaired) electrons. The summed E-state index contributed by atoms with van der Waals surface area (Å²) in [5.41, 5.74) is 1.95. The zero-order valence-corrected chi connectivity index (χ0v) is 17.7. The molecule has 8 heteroatoms. The van der Waals surface area contributed by atoms with Gasteiger partial charge >= 0.3 is 0 Å². The molecule has 8 nitrogen and oxygen atoms in total. The van der Waals surface area contributed by atoms with Crippen LogP contribution in [0, 0.1) is 6.92 Å². The number of aromatic nitrogens is 3. The number of amides is 1. The maximum Gasteiger partial charge on any atom is 0.255 e. The van der Waals surface area contributed by atoms with E-state index < -0.39 is 0 Å². The van der Waals surface area contributed by atoms with Crippen molar-refractivity contribution in [2.24, 2.45) is 0 Å². The minimum atomic E-state index is -0.333. The second kappa shape index (κ2) is 8.22. The normalized spacial score (nSPS) is 12.6. The first-order valence-corrected chi connectivity index (χ1v) is 10.0. The summed E-state index contributed by atoms with van der Waals surface area (Å²) in [5.74, 6) is 1.63. The van der Waals surface area contributed by atoms with Crippen LogP contribution in [0.15, 0.2) is 47.5 Å². The lowest BCUT2D eigenvalue weighted by Gasteiger charge is -2.26. The smallest absolute Gasteiger partial charge is 0.255 e. The Morgan fingerprint density at radius 3 is 2.77 bits per heavy atom. The molecule has 0 saturated heterocycles. The Morgan fingerprint density at radius 1 is 1.23 bits per heavy atom. The highest BCUT2D eigenvalue weighted by atomic mass is 16.7. The average Bonchev–Trinajstić information content (AvgIpc) is 3.23. The second-order valence-electron chi connectivity index (χ2n) is 8.13. The Labute approximate surface area is 179 Å². The zero-order valence-electron chi connectivity index (χ0n) is 17.7. The number of ether oxygens (including phenoxy) is 2. The summed E-state index contributed by atoms with van der Waals surface area (Å²) in [4.78, 5) is 36.4. The Kier molecular flexibility index (Phi) is 5.46. The third-order valence-corrected chi connectivity index (χ3v) is 5.38. The maximum absolute atomic E-state index is 12.6. The van der Waals surface area contributed by atoms with Crippen molar-refractivity contribution in [2.75, 3.05) is 13.3 Å². The Hall–Kier alpha value is -3.68. The van der Waals surface area contributed by atoms with Gasteiger partial charge in [0.2, 0.25) is 12.7 Å². The van der Waals surface area contributed by atoms with Gasteiger partial charge in [-0.2, -0.15) is 0 Å². The van der Waals surface area contributed by atoms with Crippen LogP contribution in [0.25, 0.3) is 11.4 Å². The van der Waals surface area contributed by atoms with Crippen molar-refractivity contribution < 1.29 is 14.3 Å². The van der Waals surface area contributed by atoms with Crippen LogP contribution in [-0.2, 0) is 16.6 Å². The zero-order chi connectivity index (χ0) is 22.0. The molecule has 0 unspecified atom stereocenters. The molecular weight excluding hydrogens is 396 g/mol. The molecule has 0 aliphatic carbocycles. The summed E-state index contributed by atoms with van der Waals surface area (Å²) < 4.78 is 10.8. The van der Waals surface area contributed by atoms with Crippen LogP contribution in [0.1, 0.15) is 30.7 Å². The number of fused-ring (bicyclic) bond motifs is 1. The molecule has 1 aromatic carbocycles. The van der Waals surface area contributed by atoms with Crippen molar-refractivity contribution in [3.8, 4) is 22.9 Å². The topological polar surface area (TPSA) is 106 Å². The first-order valence-electron chi connectivity index (χ1n) is 10.0. The lowest BCUT2D eigenvalue weighted by atomic mass is 9.84. The minimum Gasteiger partial charge on any atom is -0.454 e. The van der Waals surface area contributed by atoms with E-state index in [1.165, 1.54) is 0 Å². The lowest BCUT2D eigenvalue weighted by Crippen LogP contribution is -2.38. The van der Waals surface area contributed by atoms with Gasteiger partial charge in [-0.15, -0.1) is 0 Å². The largest absolute Gasteiger partial charge is 0.454 e. The lowest BCUT2D eigenvalue weighted by molar-refractivity contribution is -0.120. The summed E-state index contributed by atoms with van der Waals surface area (Å²) >= 11 is 0. The van der Waals surface area contributed by atoms with Crippen molar-refractivity contribution in [3.05, 3.63) is 69.9 Å². The number of rotatable bonds is 6. The number of hydrogen-bond donors (Lipinski definition) is 2. The van der Waals surface area contributed by atoms with Crippen molar-refractivity contribution in [2.45, 2.75) is 32.6 Å². The molecule has 1 amide bonds. The molecule has 2 aromatic heterocycles. The summed E-state index contributed by atoms with van der Waals surface area (Å²) in [7, 11) is 0. The standard InChI is InChI=1S/C23H24N4O4/c1-14-17(22(29)27-21(26-14)15-5-4-8-24-11-15)10-20(28)25-12-23(2,3)16-6-7-18-19(9-16)31-13-30-18/h4-9,11H,10,12-13H2,1-3H3,(H,25,28)(H,26,27,29). The van der Waals surface area contributed by atoms with E-state index in [0.717, 1.165) is 11.3 Å². The predicted octanol–water partition coefficient (Wildman–Crippen LogP) is 2.51. The number of carbonyl (C=O) groups excluding carboxylic acids is 1. The van der Waals surface area contributed by atoms with Gasteiger partial charge in [-0.05, 0) is 36.8 Å². The number of pyridine rings is 1. The second-order valence-corrected chi connectivity index (χ2v) is 8.13. The fourth-order valence-corrected chi connectivity index (χ4v) is 3.42. The van der Waals surface area contributed by atoms with Gasteiger partial charge in [-0.25, -0.2) is 4.98 Å². The molecule has 1 aliphatic heterocycles. The molecule has 3 aromatic rings. The van der Waals surface area contributed by atoms with Gasteiger partial charge in [0.05, 0.1) is 6.42 Å². The maximum atomic E-state index is 12.6. The fourth-order valence-electron chi connectivity index (χ4n) is 3.42. The van der Waals surface area contributed by atoms with Gasteiger partial charge in [0.1, 0.15) is 5.82 Å². The van der Waals surface area contributed by atoms with E-state index in [2.05, 4.69) is 20.3 Å². The number of benzene rings is 1. The fraction of sp³-hybridized carbons (Fsp3) is 0.304. The van der Waals surface area contributed by atoms with Crippen LogP contribution >= 0.6 is 0 Å². The van der Waals surface area contributed by atoms with E-state index in [1.54, 1.807) is 25.4 Å². The van der Waals surface area contributed by atoms with E-state index in [9.17, 15) is 9.59 Å². The number of aryl methyl sites for hydroxylation is 1. The number of nitrogens with zero attached hydrogens (tertiary/aromatic N) is 2. The van der Waals surface area contributed by atoms with Crippen molar-refractivity contribution in [1.29, 1.82) is 0 Å². The van der Waals surface area contributed by atoms with Crippen LogP contribution in [-0.4, -0.2) is 34.2 Å². The third-order valence-electron chi connectivity index (χ3n) is 5.38.